The summed E-state index contributed by atoms with van der Waals surface area (Å²) in [7, 11) is -5.75. The van der Waals surface area contributed by atoms with Gasteiger partial charge in [-0.2, -0.15) is 0 Å². The number of phosphoric acid groups is 1. The molecule has 0 rings (SSSR count). The van der Waals surface area contributed by atoms with Gasteiger partial charge < -0.3 is 28.3 Å². The number of phosphoric ester groups is 1. The van der Waals surface area contributed by atoms with Gasteiger partial charge in [-0.05, 0) is 6.42 Å². The molecular weight excluding hydrogens is 242 g/mol. The van der Waals surface area contributed by atoms with Crippen molar-refractivity contribution in [2.75, 3.05) is 13.7 Å². The Morgan fingerprint density at radius 3 is 2.00 bits per heavy atom. The van der Waals surface area contributed by atoms with Gasteiger partial charge in [0.05, 0.1) is 6.61 Å². The summed E-state index contributed by atoms with van der Waals surface area (Å²) in [4.78, 5) is 32.1. The Morgan fingerprint density at radius 1 is 1.43 bits per heavy atom. The van der Waals surface area contributed by atoms with E-state index in [1.807, 2.05) is 6.92 Å². The van der Waals surface area contributed by atoms with Crippen molar-refractivity contribution < 1.29 is 62.5 Å². The summed E-state index contributed by atoms with van der Waals surface area (Å²) in [5.41, 5.74) is 0. The summed E-state index contributed by atoms with van der Waals surface area (Å²) in [6, 6.07) is 0. The minimum atomic E-state index is -3.94. The monoisotopic (exact) mass is 255 g/mol. The largest absolute Gasteiger partial charge is 1.00 e. The third-order valence-corrected chi connectivity index (χ3v) is 1.62. The van der Waals surface area contributed by atoms with E-state index in [4.69, 9.17) is 14.4 Å². The first-order valence-corrected chi connectivity index (χ1v) is 6.11. The summed E-state index contributed by atoms with van der Waals surface area (Å²) in [5.74, 6) is 0. The summed E-state index contributed by atoms with van der Waals surface area (Å²) in [6.07, 6.45) is 0.662. The molecule has 0 saturated heterocycles. The third kappa shape index (κ3) is 23.2. The van der Waals surface area contributed by atoms with Crippen LogP contribution in [0.1, 0.15) is 13.3 Å². The Hall–Kier alpha value is 1.21. The molecular formula is C4H13NaO7PSi. The zero-order valence-corrected chi connectivity index (χ0v) is 12.2. The molecule has 3 N–H and O–H groups in total. The molecule has 0 aliphatic heterocycles. The second-order valence-corrected chi connectivity index (χ2v) is 3.88. The van der Waals surface area contributed by atoms with Crippen LogP contribution < -0.4 is 34.5 Å². The predicted octanol–water partition coefficient (Wildman–Crippen LogP) is -4.52. The van der Waals surface area contributed by atoms with E-state index >= 15 is 0 Å². The van der Waals surface area contributed by atoms with E-state index < -0.39 is 17.3 Å². The molecule has 1 unspecified atom stereocenters. The maximum absolute atomic E-state index is 10.3. The standard InChI is InChI=1S/C4H11O4P.Na.H3O3Si/c1-3-4-8-9(5,6)7-2;;1-4(2)3/h3-4H2,1-2H3,(H,5,6);;1-3H/q;+1;/p-1. The van der Waals surface area contributed by atoms with Gasteiger partial charge in [-0.1, -0.05) is 6.92 Å². The first kappa shape index (κ1) is 20.6. The third-order valence-electron chi connectivity index (χ3n) is 0.677. The van der Waals surface area contributed by atoms with Crippen LogP contribution >= 0.6 is 7.82 Å². The van der Waals surface area contributed by atoms with Crippen LogP contribution in [-0.2, 0) is 13.6 Å². The summed E-state index contributed by atoms with van der Waals surface area (Å²) in [5, 5.41) is 0. The topological polar surface area (TPSA) is 119 Å². The molecule has 1 radical (unpaired) electrons. The Bertz CT molecular complexity index is 154. The van der Waals surface area contributed by atoms with Gasteiger partial charge in [0.1, 0.15) is 0 Å². The Labute approximate surface area is 107 Å². The summed E-state index contributed by atoms with van der Waals surface area (Å²) >= 11 is 0. The van der Waals surface area contributed by atoms with Crippen LogP contribution in [0.4, 0.5) is 0 Å². The SMILES string of the molecule is CCCOP(=O)([O-])OC.O[Si](O)O.[Na+]. The van der Waals surface area contributed by atoms with Crippen molar-refractivity contribution in [3.63, 3.8) is 0 Å². The molecule has 1 atom stereocenters. The molecule has 0 aromatic rings. The number of hydrogen-bond acceptors (Lipinski definition) is 7. The first-order chi connectivity index (χ1) is 5.85. The molecule has 0 aromatic carbocycles. The van der Waals surface area contributed by atoms with Crippen LogP contribution in [0, 0.1) is 0 Å². The van der Waals surface area contributed by atoms with Crippen LogP contribution in [0.25, 0.3) is 0 Å². The zero-order chi connectivity index (χ0) is 10.9. The van der Waals surface area contributed by atoms with E-state index in [0.717, 1.165) is 7.11 Å². The zero-order valence-electron chi connectivity index (χ0n) is 8.34. The number of rotatable bonds is 4. The number of hydrogen-bond donors (Lipinski definition) is 3. The van der Waals surface area contributed by atoms with Gasteiger partial charge in [0.15, 0.2) is 0 Å². The van der Waals surface area contributed by atoms with E-state index in [2.05, 4.69) is 9.05 Å². The maximum Gasteiger partial charge on any atom is 1.00 e. The van der Waals surface area contributed by atoms with E-state index in [9.17, 15) is 9.46 Å². The second kappa shape index (κ2) is 12.3. The fourth-order valence-electron chi connectivity index (χ4n) is 0.256. The van der Waals surface area contributed by atoms with Gasteiger partial charge in [0.25, 0.3) is 7.82 Å². The molecule has 0 aliphatic rings. The van der Waals surface area contributed by atoms with Crippen LogP contribution in [0.2, 0.25) is 0 Å². The van der Waals surface area contributed by atoms with Gasteiger partial charge >= 0.3 is 39.1 Å². The Morgan fingerprint density at radius 2 is 1.79 bits per heavy atom. The minimum absolute atomic E-state index is 0. The molecule has 14 heavy (non-hydrogen) atoms. The molecule has 10 heteroatoms. The quantitative estimate of drug-likeness (QED) is 0.342. The molecule has 0 heterocycles. The fraction of sp³-hybridized carbons (Fsp3) is 1.00. The van der Waals surface area contributed by atoms with Crippen molar-refractivity contribution in [1.29, 1.82) is 0 Å². The van der Waals surface area contributed by atoms with Crippen molar-refractivity contribution >= 4 is 17.3 Å². The van der Waals surface area contributed by atoms with Crippen LogP contribution in [0.5, 0.6) is 0 Å². The molecule has 0 aromatic heterocycles. The fourth-order valence-corrected chi connectivity index (χ4v) is 0.767. The second-order valence-electron chi connectivity index (χ2n) is 1.76. The van der Waals surface area contributed by atoms with Crippen molar-refractivity contribution in [3.8, 4) is 0 Å². The average Bonchev–Trinajstić information content (AvgIpc) is 2.00. The van der Waals surface area contributed by atoms with Crippen molar-refractivity contribution in [2.24, 2.45) is 0 Å². The van der Waals surface area contributed by atoms with Gasteiger partial charge in [-0.15, -0.1) is 0 Å². The molecule has 7 nitrogen and oxygen atoms in total. The maximum atomic E-state index is 10.3. The minimum Gasteiger partial charge on any atom is -0.756 e. The average molecular weight is 255 g/mol. The van der Waals surface area contributed by atoms with E-state index in [-0.39, 0.29) is 36.2 Å². The van der Waals surface area contributed by atoms with Gasteiger partial charge in [0, 0.05) is 7.11 Å². The summed E-state index contributed by atoms with van der Waals surface area (Å²) < 4.78 is 18.7. The molecule has 0 bridgehead atoms. The summed E-state index contributed by atoms with van der Waals surface area (Å²) in [6.45, 7) is 2.00. The normalized spacial score (nSPS) is 13.6. The molecule has 0 fully saturated rings. The predicted molar refractivity (Wildman–Crippen MR) is 43.3 cm³/mol. The van der Waals surface area contributed by atoms with Crippen LogP contribution in [0.15, 0.2) is 0 Å². The van der Waals surface area contributed by atoms with Crippen molar-refractivity contribution in [1.82, 2.24) is 0 Å². The van der Waals surface area contributed by atoms with E-state index in [1.54, 1.807) is 0 Å². The van der Waals surface area contributed by atoms with E-state index in [1.165, 1.54) is 0 Å². The van der Waals surface area contributed by atoms with Gasteiger partial charge in [0.2, 0.25) is 0 Å². The van der Waals surface area contributed by atoms with Gasteiger partial charge in [-0.3, -0.25) is 4.57 Å². The molecule has 0 saturated carbocycles. The Kier molecular flexibility index (Phi) is 18.1. The van der Waals surface area contributed by atoms with E-state index in [0.29, 0.717) is 6.42 Å². The van der Waals surface area contributed by atoms with Crippen molar-refractivity contribution in [3.05, 3.63) is 0 Å². The van der Waals surface area contributed by atoms with Crippen molar-refractivity contribution in [2.45, 2.75) is 13.3 Å². The molecule has 0 spiro atoms. The molecule has 0 aliphatic carbocycles. The molecule has 0 amide bonds. The van der Waals surface area contributed by atoms with Crippen LogP contribution in [-0.4, -0.2) is 37.6 Å². The van der Waals surface area contributed by atoms with Crippen LogP contribution in [0.3, 0.4) is 0 Å². The first-order valence-electron chi connectivity index (χ1n) is 3.31. The smallest absolute Gasteiger partial charge is 0.756 e. The van der Waals surface area contributed by atoms with Gasteiger partial charge in [-0.25, -0.2) is 0 Å². The Balaban J connectivity index is -0.000000209. The molecule has 81 valence electrons.